The van der Waals surface area contributed by atoms with Crippen molar-refractivity contribution < 1.29 is 13.9 Å². The highest BCUT2D eigenvalue weighted by Gasteiger charge is 2.28. The number of hydrogen-bond donors (Lipinski definition) is 0. The fraction of sp³-hybridized carbons (Fsp3) is 0.500. The Labute approximate surface area is 153 Å². The molecule has 1 aromatic carbocycles. The quantitative estimate of drug-likeness (QED) is 0.847. The lowest BCUT2D eigenvalue weighted by Gasteiger charge is -2.34. The van der Waals surface area contributed by atoms with Crippen LogP contribution in [0.4, 0.5) is 0 Å². The van der Waals surface area contributed by atoms with Gasteiger partial charge in [-0.15, -0.1) is 0 Å². The van der Waals surface area contributed by atoms with E-state index in [0.717, 1.165) is 19.5 Å². The van der Waals surface area contributed by atoms with Gasteiger partial charge in [0.05, 0.1) is 18.8 Å². The molecule has 2 atom stereocenters. The predicted octanol–water partition coefficient (Wildman–Crippen LogP) is 2.48. The molecule has 0 spiro atoms. The van der Waals surface area contributed by atoms with Crippen LogP contribution in [0.1, 0.15) is 41.4 Å². The van der Waals surface area contributed by atoms with Gasteiger partial charge in [-0.05, 0) is 31.4 Å². The van der Waals surface area contributed by atoms with Crippen molar-refractivity contribution in [2.45, 2.75) is 45.6 Å². The lowest BCUT2D eigenvalue weighted by molar-refractivity contribution is -0.0587. The maximum atomic E-state index is 12.7. The molecule has 0 saturated carbocycles. The maximum Gasteiger partial charge on any atom is 0.275 e. The summed E-state index contributed by atoms with van der Waals surface area (Å²) < 4.78 is 11.3. The Kier molecular flexibility index (Phi) is 4.78. The number of fused-ring (bicyclic) bond motifs is 1. The predicted molar refractivity (Wildman–Crippen MR) is 96.7 cm³/mol. The Hall–Kier alpha value is -2.18. The van der Waals surface area contributed by atoms with Crippen LogP contribution >= 0.6 is 0 Å². The van der Waals surface area contributed by atoms with Crippen LogP contribution in [-0.4, -0.2) is 52.5 Å². The fourth-order valence-corrected chi connectivity index (χ4v) is 3.87. The Morgan fingerprint density at radius 2 is 1.92 bits per heavy atom. The SMILES string of the molecule is C[C@@H]1CN(C(=O)c2coc(CN3CCc4ccccc4C3)n2)C[C@H](C)O1. The zero-order valence-electron chi connectivity index (χ0n) is 15.4. The first kappa shape index (κ1) is 17.2. The third-order valence-corrected chi connectivity index (χ3v) is 5.05. The van der Waals surface area contributed by atoms with Crippen molar-refractivity contribution in [1.82, 2.24) is 14.8 Å². The van der Waals surface area contributed by atoms with Gasteiger partial charge in [0.25, 0.3) is 5.91 Å². The largest absolute Gasteiger partial charge is 0.447 e. The molecule has 0 aliphatic carbocycles. The van der Waals surface area contributed by atoms with Gasteiger partial charge >= 0.3 is 0 Å². The molecule has 2 aliphatic heterocycles. The Bertz CT molecular complexity index is 778. The van der Waals surface area contributed by atoms with Crippen molar-refractivity contribution in [2.75, 3.05) is 19.6 Å². The fourth-order valence-electron chi connectivity index (χ4n) is 3.87. The minimum absolute atomic E-state index is 0.0440. The van der Waals surface area contributed by atoms with Crippen LogP contribution in [-0.2, 0) is 24.2 Å². The smallest absolute Gasteiger partial charge is 0.275 e. The molecule has 1 saturated heterocycles. The highest BCUT2D eigenvalue weighted by molar-refractivity contribution is 5.92. The van der Waals surface area contributed by atoms with E-state index in [1.165, 1.54) is 17.4 Å². The molecule has 6 nitrogen and oxygen atoms in total. The van der Waals surface area contributed by atoms with Gasteiger partial charge in [0.2, 0.25) is 5.89 Å². The third-order valence-electron chi connectivity index (χ3n) is 5.05. The molecule has 26 heavy (non-hydrogen) atoms. The minimum Gasteiger partial charge on any atom is -0.447 e. The van der Waals surface area contributed by atoms with Crippen LogP contribution in [0.3, 0.4) is 0 Å². The molecule has 1 amide bonds. The average Bonchev–Trinajstić information content (AvgIpc) is 3.08. The molecule has 138 valence electrons. The lowest BCUT2D eigenvalue weighted by atomic mass is 10.00. The summed E-state index contributed by atoms with van der Waals surface area (Å²) in [5.74, 6) is 0.521. The second kappa shape index (κ2) is 7.21. The lowest BCUT2D eigenvalue weighted by Crippen LogP contribution is -2.48. The number of nitrogens with zero attached hydrogens (tertiary/aromatic N) is 3. The summed E-state index contributed by atoms with van der Waals surface area (Å²) in [7, 11) is 0. The first-order valence-electron chi connectivity index (χ1n) is 9.27. The number of rotatable bonds is 3. The highest BCUT2D eigenvalue weighted by atomic mass is 16.5. The van der Waals surface area contributed by atoms with Crippen LogP contribution < -0.4 is 0 Å². The second-order valence-corrected chi connectivity index (χ2v) is 7.32. The number of morpholine rings is 1. The van der Waals surface area contributed by atoms with Gasteiger partial charge in [-0.3, -0.25) is 9.69 Å². The van der Waals surface area contributed by atoms with Crippen LogP contribution in [0.5, 0.6) is 0 Å². The molecular weight excluding hydrogens is 330 g/mol. The van der Waals surface area contributed by atoms with E-state index in [2.05, 4.69) is 34.1 Å². The number of ether oxygens (including phenoxy) is 1. The van der Waals surface area contributed by atoms with Crippen molar-refractivity contribution in [3.63, 3.8) is 0 Å². The van der Waals surface area contributed by atoms with Gasteiger partial charge in [0.15, 0.2) is 5.69 Å². The zero-order chi connectivity index (χ0) is 18.1. The maximum absolute atomic E-state index is 12.7. The molecule has 1 aromatic heterocycles. The number of oxazole rings is 1. The van der Waals surface area contributed by atoms with Gasteiger partial charge in [-0.1, -0.05) is 24.3 Å². The molecule has 4 rings (SSSR count). The zero-order valence-corrected chi connectivity index (χ0v) is 15.4. The number of amides is 1. The van der Waals surface area contributed by atoms with E-state index < -0.39 is 0 Å². The number of aromatic nitrogens is 1. The summed E-state index contributed by atoms with van der Waals surface area (Å²) in [5.41, 5.74) is 3.17. The normalized spacial score (nSPS) is 23.7. The van der Waals surface area contributed by atoms with Crippen LogP contribution in [0.15, 0.2) is 34.9 Å². The summed E-state index contributed by atoms with van der Waals surface area (Å²) in [6, 6.07) is 8.54. The molecule has 0 unspecified atom stereocenters. The van der Waals surface area contributed by atoms with Gasteiger partial charge in [-0.25, -0.2) is 4.98 Å². The van der Waals surface area contributed by atoms with Gasteiger partial charge in [0, 0.05) is 26.2 Å². The monoisotopic (exact) mass is 355 g/mol. The average molecular weight is 355 g/mol. The van der Waals surface area contributed by atoms with E-state index in [1.807, 2.05) is 13.8 Å². The minimum atomic E-state index is -0.0778. The van der Waals surface area contributed by atoms with Crippen molar-refractivity contribution in [3.8, 4) is 0 Å². The Morgan fingerprint density at radius 1 is 1.19 bits per heavy atom. The molecule has 2 aliphatic rings. The number of benzene rings is 1. The van der Waals surface area contributed by atoms with E-state index in [0.29, 0.717) is 31.2 Å². The summed E-state index contributed by atoms with van der Waals surface area (Å²) in [5, 5.41) is 0. The topological polar surface area (TPSA) is 58.8 Å². The molecular formula is C20H25N3O3. The summed E-state index contributed by atoms with van der Waals surface area (Å²) >= 11 is 0. The summed E-state index contributed by atoms with van der Waals surface area (Å²) in [4.78, 5) is 21.2. The van der Waals surface area contributed by atoms with E-state index in [9.17, 15) is 4.79 Å². The van der Waals surface area contributed by atoms with Gasteiger partial charge < -0.3 is 14.1 Å². The third kappa shape index (κ3) is 3.66. The van der Waals surface area contributed by atoms with Crippen molar-refractivity contribution in [3.05, 3.63) is 53.2 Å². The summed E-state index contributed by atoms with van der Waals surface area (Å²) in [6.45, 7) is 7.64. The van der Waals surface area contributed by atoms with E-state index >= 15 is 0 Å². The Balaban J connectivity index is 1.40. The Morgan fingerprint density at radius 3 is 2.69 bits per heavy atom. The van der Waals surface area contributed by atoms with Crippen LogP contribution in [0.2, 0.25) is 0 Å². The molecule has 0 bridgehead atoms. The molecule has 6 heteroatoms. The van der Waals surface area contributed by atoms with Crippen LogP contribution in [0.25, 0.3) is 0 Å². The van der Waals surface area contributed by atoms with Gasteiger partial charge in [-0.2, -0.15) is 0 Å². The molecule has 0 radical (unpaired) electrons. The molecule has 1 fully saturated rings. The van der Waals surface area contributed by atoms with E-state index in [-0.39, 0.29) is 18.1 Å². The number of carbonyl (C=O) groups is 1. The standard InChI is InChI=1S/C20H25N3O3/c1-14-9-23(10-15(2)26-14)20(24)18-13-25-19(21-18)12-22-8-7-16-5-3-4-6-17(16)11-22/h3-6,13-15H,7-12H2,1-2H3/t14-,15+. The van der Waals surface area contributed by atoms with Crippen molar-refractivity contribution in [1.29, 1.82) is 0 Å². The number of hydrogen-bond acceptors (Lipinski definition) is 5. The summed E-state index contributed by atoms with van der Waals surface area (Å²) in [6.07, 6.45) is 2.61. The number of carbonyl (C=O) groups excluding carboxylic acids is 1. The van der Waals surface area contributed by atoms with E-state index in [1.54, 1.807) is 4.90 Å². The van der Waals surface area contributed by atoms with Gasteiger partial charge in [0.1, 0.15) is 6.26 Å². The first-order valence-corrected chi connectivity index (χ1v) is 9.27. The first-order chi connectivity index (χ1) is 12.6. The van der Waals surface area contributed by atoms with Crippen molar-refractivity contribution in [2.24, 2.45) is 0 Å². The second-order valence-electron chi connectivity index (χ2n) is 7.32. The van der Waals surface area contributed by atoms with Crippen LogP contribution in [0, 0.1) is 0 Å². The van der Waals surface area contributed by atoms with Crippen molar-refractivity contribution >= 4 is 5.91 Å². The molecule has 2 aromatic rings. The molecule has 0 N–H and O–H groups in total. The highest BCUT2D eigenvalue weighted by Crippen LogP contribution is 2.20. The van der Waals surface area contributed by atoms with E-state index in [4.69, 9.17) is 9.15 Å². The molecule has 3 heterocycles.